The van der Waals surface area contributed by atoms with Crippen molar-refractivity contribution >= 4 is 47.8 Å². The van der Waals surface area contributed by atoms with E-state index in [0.717, 1.165) is 16.2 Å². The van der Waals surface area contributed by atoms with E-state index >= 15 is 0 Å². The molecule has 1 aromatic carbocycles. The van der Waals surface area contributed by atoms with Gasteiger partial charge < -0.3 is 0 Å². The highest BCUT2D eigenvalue weighted by Crippen LogP contribution is 2.25. The Hall–Kier alpha value is 0.660. The molecule has 0 bridgehead atoms. The number of rotatable bonds is 2. The minimum atomic E-state index is 1.01. The SMILES string of the molecule is Cc1c(Br)cc(Br)cc1CCBr. The summed E-state index contributed by atoms with van der Waals surface area (Å²) < 4.78 is 2.31. The molecule has 0 saturated carbocycles. The third kappa shape index (κ3) is 2.57. The largest absolute Gasteiger partial charge is 0.0924 e. The highest BCUT2D eigenvalue weighted by molar-refractivity contribution is 9.11. The van der Waals surface area contributed by atoms with Crippen molar-refractivity contribution in [3.63, 3.8) is 0 Å². The van der Waals surface area contributed by atoms with E-state index in [2.05, 4.69) is 66.8 Å². The zero-order chi connectivity index (χ0) is 9.14. The first-order chi connectivity index (χ1) is 5.65. The first-order valence-corrected chi connectivity index (χ1v) is 6.36. The maximum atomic E-state index is 3.52. The molecule has 1 aromatic rings. The molecule has 0 spiro atoms. The maximum Gasteiger partial charge on any atom is 0.0218 e. The van der Waals surface area contributed by atoms with Crippen LogP contribution >= 0.6 is 47.8 Å². The lowest BCUT2D eigenvalue weighted by Crippen LogP contribution is -1.91. The Morgan fingerprint density at radius 3 is 2.50 bits per heavy atom. The van der Waals surface area contributed by atoms with Gasteiger partial charge in [-0.15, -0.1) is 0 Å². The number of halogens is 3. The first kappa shape index (κ1) is 10.7. The van der Waals surface area contributed by atoms with Gasteiger partial charge in [-0.3, -0.25) is 0 Å². The van der Waals surface area contributed by atoms with Crippen molar-refractivity contribution < 1.29 is 0 Å². The molecule has 0 nitrogen and oxygen atoms in total. The molecule has 3 heteroatoms. The monoisotopic (exact) mass is 354 g/mol. The van der Waals surface area contributed by atoms with Crippen LogP contribution in [-0.2, 0) is 6.42 Å². The van der Waals surface area contributed by atoms with Gasteiger partial charge in [0, 0.05) is 14.3 Å². The zero-order valence-corrected chi connectivity index (χ0v) is 11.5. The molecule has 0 aliphatic heterocycles. The van der Waals surface area contributed by atoms with Gasteiger partial charge in [0.15, 0.2) is 0 Å². The van der Waals surface area contributed by atoms with Gasteiger partial charge in [0.2, 0.25) is 0 Å². The normalized spacial score (nSPS) is 10.3. The fourth-order valence-corrected chi connectivity index (χ4v) is 2.80. The van der Waals surface area contributed by atoms with Crippen LogP contribution in [0.4, 0.5) is 0 Å². The van der Waals surface area contributed by atoms with E-state index < -0.39 is 0 Å². The first-order valence-electron chi connectivity index (χ1n) is 3.65. The summed E-state index contributed by atoms with van der Waals surface area (Å²) in [6, 6.07) is 4.24. The summed E-state index contributed by atoms with van der Waals surface area (Å²) in [5.41, 5.74) is 2.71. The van der Waals surface area contributed by atoms with Crippen LogP contribution in [0.25, 0.3) is 0 Å². The van der Waals surface area contributed by atoms with E-state index in [4.69, 9.17) is 0 Å². The predicted octanol–water partition coefficient (Wildman–Crippen LogP) is 4.46. The zero-order valence-electron chi connectivity index (χ0n) is 6.70. The molecule has 0 atom stereocenters. The maximum absolute atomic E-state index is 3.52. The molecule has 0 N–H and O–H groups in total. The minimum Gasteiger partial charge on any atom is -0.0924 e. The number of alkyl halides is 1. The van der Waals surface area contributed by atoms with E-state index in [9.17, 15) is 0 Å². The van der Waals surface area contributed by atoms with Gasteiger partial charge in [-0.05, 0) is 36.6 Å². The summed E-state index contributed by atoms with van der Waals surface area (Å²) in [7, 11) is 0. The van der Waals surface area contributed by atoms with Crippen molar-refractivity contribution in [1.82, 2.24) is 0 Å². The van der Waals surface area contributed by atoms with Gasteiger partial charge in [0.1, 0.15) is 0 Å². The second-order valence-corrected chi connectivity index (χ2v) is 5.17. The topological polar surface area (TPSA) is 0 Å². The third-order valence-electron chi connectivity index (χ3n) is 1.78. The average molecular weight is 357 g/mol. The van der Waals surface area contributed by atoms with E-state index in [1.165, 1.54) is 15.6 Å². The number of hydrogen-bond donors (Lipinski definition) is 0. The molecule has 0 unspecified atom stereocenters. The Morgan fingerprint density at radius 2 is 1.92 bits per heavy atom. The van der Waals surface area contributed by atoms with Crippen molar-refractivity contribution in [2.45, 2.75) is 13.3 Å². The lowest BCUT2D eigenvalue weighted by atomic mass is 10.1. The molecule has 0 aromatic heterocycles. The lowest BCUT2D eigenvalue weighted by Gasteiger charge is -2.06. The summed E-state index contributed by atoms with van der Waals surface area (Å²) in [6.45, 7) is 2.13. The molecular weight excluding hydrogens is 348 g/mol. The van der Waals surface area contributed by atoms with Crippen LogP contribution in [0.15, 0.2) is 21.1 Å². The van der Waals surface area contributed by atoms with E-state index in [1.807, 2.05) is 0 Å². The summed E-state index contributed by atoms with van der Waals surface area (Å²) in [5.74, 6) is 0. The van der Waals surface area contributed by atoms with Gasteiger partial charge in [0.05, 0.1) is 0 Å². The number of benzene rings is 1. The van der Waals surface area contributed by atoms with Gasteiger partial charge in [-0.1, -0.05) is 47.8 Å². The minimum absolute atomic E-state index is 1.01. The van der Waals surface area contributed by atoms with Gasteiger partial charge in [-0.2, -0.15) is 0 Å². The van der Waals surface area contributed by atoms with Crippen molar-refractivity contribution in [2.75, 3.05) is 5.33 Å². The fourth-order valence-electron chi connectivity index (χ4n) is 1.06. The van der Waals surface area contributed by atoms with Crippen molar-refractivity contribution in [3.05, 3.63) is 32.2 Å². The Kier molecular flexibility index (Phi) is 4.27. The molecule has 1 rings (SSSR count). The number of hydrogen-bond acceptors (Lipinski definition) is 0. The van der Waals surface area contributed by atoms with E-state index in [-0.39, 0.29) is 0 Å². The van der Waals surface area contributed by atoms with Crippen LogP contribution in [0.2, 0.25) is 0 Å². The fraction of sp³-hybridized carbons (Fsp3) is 0.333. The lowest BCUT2D eigenvalue weighted by molar-refractivity contribution is 1.12. The van der Waals surface area contributed by atoms with Crippen molar-refractivity contribution in [2.24, 2.45) is 0 Å². The second-order valence-electron chi connectivity index (χ2n) is 2.61. The molecule has 0 fully saturated rings. The van der Waals surface area contributed by atoms with Crippen LogP contribution in [-0.4, -0.2) is 5.33 Å². The number of aryl methyl sites for hydroxylation is 1. The molecule has 0 aliphatic carbocycles. The Balaban J connectivity index is 3.09. The van der Waals surface area contributed by atoms with Crippen molar-refractivity contribution in [1.29, 1.82) is 0 Å². The quantitative estimate of drug-likeness (QED) is 0.686. The highest BCUT2D eigenvalue weighted by Gasteiger charge is 2.02. The second kappa shape index (κ2) is 4.77. The van der Waals surface area contributed by atoms with E-state index in [0.29, 0.717) is 0 Å². The molecule has 0 radical (unpaired) electrons. The predicted molar refractivity (Wildman–Crippen MR) is 64.1 cm³/mol. The molecule has 0 aliphatic rings. The summed E-state index contributed by atoms with van der Waals surface area (Å²) >= 11 is 10.4. The molecule has 0 amide bonds. The average Bonchev–Trinajstić information content (AvgIpc) is 2.00. The summed E-state index contributed by atoms with van der Waals surface area (Å²) in [4.78, 5) is 0. The van der Waals surface area contributed by atoms with Crippen LogP contribution < -0.4 is 0 Å². The Labute approximate surface area is 98.1 Å². The highest BCUT2D eigenvalue weighted by atomic mass is 79.9. The third-order valence-corrected chi connectivity index (χ3v) is 3.46. The van der Waals surface area contributed by atoms with Gasteiger partial charge in [-0.25, -0.2) is 0 Å². The van der Waals surface area contributed by atoms with E-state index in [1.54, 1.807) is 0 Å². The smallest absolute Gasteiger partial charge is 0.0218 e. The summed E-state index contributed by atoms with van der Waals surface area (Å²) in [6.07, 6.45) is 1.07. The summed E-state index contributed by atoms with van der Waals surface area (Å²) in [5, 5.41) is 1.01. The molecule has 0 heterocycles. The van der Waals surface area contributed by atoms with Crippen LogP contribution in [0.5, 0.6) is 0 Å². The van der Waals surface area contributed by atoms with Crippen LogP contribution in [0.1, 0.15) is 11.1 Å². The van der Waals surface area contributed by atoms with Crippen LogP contribution in [0.3, 0.4) is 0 Å². The Morgan fingerprint density at radius 1 is 1.25 bits per heavy atom. The Bertz CT molecular complexity index is 281. The van der Waals surface area contributed by atoms with Crippen molar-refractivity contribution in [3.8, 4) is 0 Å². The van der Waals surface area contributed by atoms with Gasteiger partial charge in [0.25, 0.3) is 0 Å². The molecule has 66 valence electrons. The van der Waals surface area contributed by atoms with Gasteiger partial charge >= 0.3 is 0 Å². The standard InChI is InChI=1S/C9H9Br3/c1-6-7(2-3-10)4-8(11)5-9(6)12/h4-5H,2-3H2,1H3. The molecular formula is C9H9Br3. The molecule has 0 saturated heterocycles. The molecule has 12 heavy (non-hydrogen) atoms. The van der Waals surface area contributed by atoms with Crippen LogP contribution in [0, 0.1) is 6.92 Å².